The van der Waals surface area contributed by atoms with Crippen LogP contribution in [0.2, 0.25) is 0 Å². The molecule has 0 saturated carbocycles. The Labute approximate surface area is 73.9 Å². The van der Waals surface area contributed by atoms with Crippen molar-refractivity contribution in [3.63, 3.8) is 0 Å². The second-order valence-electron chi connectivity index (χ2n) is 2.18. The molecular weight excluding hydrogens is 180 g/mol. The van der Waals surface area contributed by atoms with Gasteiger partial charge in [-0.15, -0.1) is 0 Å². The molecule has 0 bridgehead atoms. The third-order valence-electron chi connectivity index (χ3n) is 0.946. The first-order valence-corrected chi connectivity index (χ1v) is 4.01. The molecule has 0 aromatic heterocycles. The summed E-state index contributed by atoms with van der Waals surface area (Å²) in [5, 5.41) is 9.93. The zero-order valence-corrected chi connectivity index (χ0v) is 7.47. The van der Waals surface area contributed by atoms with Crippen molar-refractivity contribution in [3.8, 4) is 0 Å². The van der Waals surface area contributed by atoms with Crippen LogP contribution in [0.4, 0.5) is 0 Å². The maximum Gasteiger partial charge on any atom is 0.333 e. The van der Waals surface area contributed by atoms with E-state index in [2.05, 4.69) is 11.3 Å². The Morgan fingerprint density at radius 3 is 2.83 bits per heavy atom. The molecule has 0 amide bonds. The van der Waals surface area contributed by atoms with Crippen LogP contribution in [0.1, 0.15) is 6.92 Å². The molecule has 4 nitrogen and oxygen atoms in total. The third-order valence-corrected chi connectivity index (χ3v) is 1.37. The monoisotopic (exact) mass is 190 g/mol. The summed E-state index contributed by atoms with van der Waals surface area (Å²) in [6.45, 7) is 4.64. The third kappa shape index (κ3) is 4.81. The number of aliphatic hydroxyl groups is 1. The Hall–Kier alpha value is -0.940. The summed E-state index contributed by atoms with van der Waals surface area (Å²) in [5.41, 5.74) is 0.261. The van der Waals surface area contributed by atoms with Crippen LogP contribution in [0.5, 0.6) is 0 Å². The van der Waals surface area contributed by atoms with Crippen molar-refractivity contribution in [1.29, 1.82) is 0 Å². The lowest BCUT2D eigenvalue weighted by Gasteiger charge is -2.05. The maximum atomic E-state index is 10.7. The molecule has 0 aliphatic carbocycles. The highest BCUT2D eigenvalue weighted by molar-refractivity contribution is 7.64. The van der Waals surface area contributed by atoms with Gasteiger partial charge in [-0.25, -0.2) is 9.00 Å². The van der Waals surface area contributed by atoms with Gasteiger partial charge in [0.05, 0.1) is 11.3 Å². The summed E-state index contributed by atoms with van der Waals surface area (Å²) in [4.78, 5) is 10.7. The lowest BCUT2D eigenvalue weighted by molar-refractivity contribution is -0.140. The number of esters is 1. The number of ether oxygens (including phenoxy) is 1. The van der Waals surface area contributed by atoms with Gasteiger partial charge in [-0.2, -0.15) is 0 Å². The minimum Gasteiger partial charge on any atom is -0.459 e. The van der Waals surface area contributed by atoms with Crippen LogP contribution < -0.4 is 0 Å². The summed E-state index contributed by atoms with van der Waals surface area (Å²) >= 11 is 0.131. The zero-order chi connectivity index (χ0) is 9.56. The predicted octanol–water partition coefficient (Wildman–Crippen LogP) is -0.518. The largest absolute Gasteiger partial charge is 0.459 e. The standard InChI is InChI=1S/C7H10O4S/c1-5(2)7(9)11-3-6(8)4-12-10/h4,6,8H,1,3H2,2H3. The van der Waals surface area contributed by atoms with Gasteiger partial charge in [-0.1, -0.05) is 6.58 Å². The predicted molar refractivity (Wildman–Crippen MR) is 46.0 cm³/mol. The molecule has 12 heavy (non-hydrogen) atoms. The quantitative estimate of drug-likeness (QED) is 0.368. The fourth-order valence-electron chi connectivity index (χ4n) is 0.388. The molecule has 68 valence electrons. The highest BCUT2D eigenvalue weighted by Crippen LogP contribution is 1.92. The Bertz CT molecular complexity index is 230. The summed E-state index contributed by atoms with van der Waals surface area (Å²) in [7, 11) is 0. The zero-order valence-electron chi connectivity index (χ0n) is 6.65. The molecule has 1 unspecified atom stereocenters. The average molecular weight is 190 g/mol. The number of carbonyl (C=O) groups excluding carboxylic acids is 1. The van der Waals surface area contributed by atoms with Crippen molar-refractivity contribution in [3.05, 3.63) is 12.2 Å². The summed E-state index contributed by atoms with van der Waals surface area (Å²) in [6.07, 6.45) is -1.02. The summed E-state index contributed by atoms with van der Waals surface area (Å²) in [6, 6.07) is 0. The van der Waals surface area contributed by atoms with E-state index >= 15 is 0 Å². The minimum absolute atomic E-state index is 0.131. The highest BCUT2D eigenvalue weighted by atomic mass is 32.1. The number of hydrogen-bond donors (Lipinski definition) is 1. The van der Waals surface area contributed by atoms with Crippen molar-refractivity contribution in [2.45, 2.75) is 13.0 Å². The van der Waals surface area contributed by atoms with Crippen LogP contribution >= 0.6 is 0 Å². The Morgan fingerprint density at radius 1 is 1.83 bits per heavy atom. The summed E-state index contributed by atoms with van der Waals surface area (Å²) in [5.74, 6) is -0.571. The van der Waals surface area contributed by atoms with Gasteiger partial charge >= 0.3 is 5.97 Å². The van der Waals surface area contributed by atoms with Gasteiger partial charge in [0.2, 0.25) is 0 Å². The van der Waals surface area contributed by atoms with E-state index in [1.807, 2.05) is 0 Å². The van der Waals surface area contributed by atoms with Gasteiger partial charge in [0.15, 0.2) is 0 Å². The van der Waals surface area contributed by atoms with Crippen molar-refractivity contribution in [2.75, 3.05) is 6.61 Å². The van der Waals surface area contributed by atoms with Gasteiger partial charge in [0, 0.05) is 10.9 Å². The Morgan fingerprint density at radius 2 is 2.42 bits per heavy atom. The molecule has 0 saturated heterocycles. The molecule has 0 spiro atoms. The number of hydrogen-bond acceptors (Lipinski definition) is 4. The fraction of sp³-hybridized carbons (Fsp3) is 0.429. The second-order valence-corrected chi connectivity index (χ2v) is 2.64. The van der Waals surface area contributed by atoms with Crippen LogP contribution in [0, 0.1) is 0 Å². The van der Waals surface area contributed by atoms with Gasteiger partial charge in [0.1, 0.15) is 12.7 Å². The van der Waals surface area contributed by atoms with Gasteiger partial charge in [-0.3, -0.25) is 0 Å². The first kappa shape index (κ1) is 11.1. The van der Waals surface area contributed by atoms with Gasteiger partial charge in [-0.05, 0) is 6.92 Å². The number of aliphatic hydroxyl groups excluding tert-OH is 1. The Kier molecular flexibility index (Phi) is 5.23. The van der Waals surface area contributed by atoms with Crippen molar-refractivity contribution < 1.29 is 18.8 Å². The molecule has 0 heterocycles. The van der Waals surface area contributed by atoms with Crippen molar-refractivity contribution >= 4 is 22.6 Å². The van der Waals surface area contributed by atoms with E-state index in [1.165, 1.54) is 6.92 Å². The molecule has 5 heteroatoms. The van der Waals surface area contributed by atoms with Crippen LogP contribution in [0.15, 0.2) is 12.2 Å². The molecule has 1 atom stereocenters. The SMILES string of the molecule is C=C(C)C(=O)OCC(O)C=S=O. The van der Waals surface area contributed by atoms with E-state index in [-0.39, 0.29) is 23.4 Å². The smallest absolute Gasteiger partial charge is 0.333 e. The molecule has 0 aromatic carbocycles. The second kappa shape index (κ2) is 5.68. The lowest BCUT2D eigenvalue weighted by atomic mass is 10.3. The van der Waals surface area contributed by atoms with E-state index < -0.39 is 12.1 Å². The summed E-state index contributed by atoms with van der Waals surface area (Å²) < 4.78 is 14.4. The molecule has 0 aliphatic heterocycles. The molecule has 0 rings (SSSR count). The molecule has 0 aliphatic rings. The molecule has 0 aromatic rings. The molecule has 0 fully saturated rings. The highest BCUT2D eigenvalue weighted by Gasteiger charge is 2.06. The first-order chi connectivity index (χ1) is 5.57. The van der Waals surface area contributed by atoms with E-state index in [9.17, 15) is 9.00 Å². The van der Waals surface area contributed by atoms with Crippen LogP contribution in [-0.4, -0.2) is 33.4 Å². The number of carbonyl (C=O) groups is 1. The van der Waals surface area contributed by atoms with E-state index in [0.717, 1.165) is 5.37 Å². The van der Waals surface area contributed by atoms with Gasteiger partial charge < -0.3 is 9.84 Å². The van der Waals surface area contributed by atoms with Crippen LogP contribution in [-0.2, 0) is 20.8 Å². The van der Waals surface area contributed by atoms with Crippen LogP contribution in [0.3, 0.4) is 0 Å². The molecule has 1 N–H and O–H groups in total. The molecule has 0 radical (unpaired) electrons. The molecular formula is C7H10O4S. The average Bonchev–Trinajstić information content (AvgIpc) is 2.00. The van der Waals surface area contributed by atoms with Crippen LogP contribution in [0.25, 0.3) is 0 Å². The van der Waals surface area contributed by atoms with E-state index in [0.29, 0.717) is 0 Å². The maximum absolute atomic E-state index is 10.7. The van der Waals surface area contributed by atoms with Crippen molar-refractivity contribution in [1.82, 2.24) is 0 Å². The van der Waals surface area contributed by atoms with E-state index in [4.69, 9.17) is 5.11 Å². The topological polar surface area (TPSA) is 63.6 Å². The van der Waals surface area contributed by atoms with E-state index in [1.54, 1.807) is 0 Å². The normalized spacial score (nSPS) is 11.5. The fourth-order valence-corrected chi connectivity index (χ4v) is 0.595. The van der Waals surface area contributed by atoms with Gasteiger partial charge in [0.25, 0.3) is 0 Å². The lowest BCUT2D eigenvalue weighted by Crippen LogP contribution is -2.19. The number of rotatable bonds is 4. The first-order valence-electron chi connectivity index (χ1n) is 3.20. The Balaban J connectivity index is 3.75. The van der Waals surface area contributed by atoms with Crippen molar-refractivity contribution in [2.24, 2.45) is 0 Å². The minimum atomic E-state index is -1.02.